The van der Waals surface area contributed by atoms with Gasteiger partial charge < -0.3 is 5.32 Å². The molecule has 0 saturated heterocycles. The summed E-state index contributed by atoms with van der Waals surface area (Å²) < 4.78 is 13.4. The van der Waals surface area contributed by atoms with Crippen molar-refractivity contribution in [2.24, 2.45) is 5.41 Å². The summed E-state index contributed by atoms with van der Waals surface area (Å²) in [5.41, 5.74) is 0.610. The van der Waals surface area contributed by atoms with Gasteiger partial charge in [0, 0.05) is 12.2 Å². The molecule has 0 heterocycles. The Balaban J connectivity index is 2.37. The Morgan fingerprint density at radius 3 is 2.76 bits per heavy atom. The first-order chi connectivity index (χ1) is 7.94. The van der Waals surface area contributed by atoms with Crippen molar-refractivity contribution in [2.75, 3.05) is 11.9 Å². The van der Waals surface area contributed by atoms with Gasteiger partial charge in [-0.15, -0.1) is 0 Å². The fraction of sp³-hybridized carbons (Fsp3) is 0.462. The Kier molecular flexibility index (Phi) is 4.95. The summed E-state index contributed by atoms with van der Waals surface area (Å²) in [7, 11) is 0. The number of hydrogen-bond acceptors (Lipinski definition) is 2. The minimum atomic E-state index is -0.273. The molecular formula is C13H16BrFN2. The average Bonchev–Trinajstić information content (AvgIpc) is 2.29. The third-order valence-electron chi connectivity index (χ3n) is 2.53. The van der Waals surface area contributed by atoms with Gasteiger partial charge in [-0.2, -0.15) is 5.26 Å². The summed E-state index contributed by atoms with van der Waals surface area (Å²) in [6, 6.07) is 7.11. The molecule has 0 fully saturated rings. The van der Waals surface area contributed by atoms with Crippen LogP contribution in [0.3, 0.4) is 0 Å². The Morgan fingerprint density at radius 1 is 1.47 bits per heavy atom. The highest BCUT2D eigenvalue weighted by Gasteiger charge is 2.15. The van der Waals surface area contributed by atoms with Gasteiger partial charge in [0.25, 0.3) is 0 Å². The molecule has 0 aliphatic heterocycles. The van der Waals surface area contributed by atoms with Gasteiger partial charge in [0.05, 0.1) is 16.0 Å². The molecule has 1 aromatic carbocycles. The number of nitrogens with one attached hydrogen (secondary N) is 1. The van der Waals surface area contributed by atoms with Gasteiger partial charge in [0.1, 0.15) is 5.82 Å². The monoisotopic (exact) mass is 298 g/mol. The van der Waals surface area contributed by atoms with Crippen LogP contribution in [0.5, 0.6) is 0 Å². The Labute approximate surface area is 110 Å². The summed E-state index contributed by atoms with van der Waals surface area (Å²) in [4.78, 5) is 0. The van der Waals surface area contributed by atoms with E-state index in [0.717, 1.165) is 25.1 Å². The van der Waals surface area contributed by atoms with Gasteiger partial charge in [-0.05, 0) is 60.8 Å². The highest BCUT2D eigenvalue weighted by molar-refractivity contribution is 9.10. The predicted octanol–water partition coefficient (Wildman–Crippen LogP) is 4.33. The number of nitrogens with zero attached hydrogens (tertiary/aromatic N) is 1. The van der Waals surface area contributed by atoms with Crippen molar-refractivity contribution >= 4 is 21.6 Å². The summed E-state index contributed by atoms with van der Waals surface area (Å²) in [5, 5.41) is 12.1. The second-order valence-electron chi connectivity index (χ2n) is 4.65. The molecule has 0 spiro atoms. The molecule has 0 aliphatic rings. The lowest BCUT2D eigenvalue weighted by molar-refractivity contribution is 0.441. The van der Waals surface area contributed by atoms with E-state index in [1.807, 2.05) is 13.8 Å². The van der Waals surface area contributed by atoms with Crippen LogP contribution < -0.4 is 5.32 Å². The standard InChI is InChI=1S/C13H16BrFN2/c1-13(2,9-16)6-3-7-17-10-4-5-12(15)11(14)8-10/h4-5,8,17H,3,6-7H2,1-2H3. The van der Waals surface area contributed by atoms with E-state index >= 15 is 0 Å². The second-order valence-corrected chi connectivity index (χ2v) is 5.51. The molecule has 0 saturated carbocycles. The van der Waals surface area contributed by atoms with Crippen LogP contribution in [0.2, 0.25) is 0 Å². The van der Waals surface area contributed by atoms with E-state index in [4.69, 9.17) is 5.26 Å². The Morgan fingerprint density at radius 2 is 2.18 bits per heavy atom. The zero-order valence-electron chi connectivity index (χ0n) is 10.1. The van der Waals surface area contributed by atoms with Crippen molar-refractivity contribution in [3.8, 4) is 6.07 Å². The Bertz CT molecular complexity index is 424. The van der Waals surface area contributed by atoms with Crippen molar-refractivity contribution in [2.45, 2.75) is 26.7 Å². The zero-order chi connectivity index (χ0) is 12.9. The van der Waals surface area contributed by atoms with Gasteiger partial charge in [0.15, 0.2) is 0 Å². The lowest BCUT2D eigenvalue weighted by Crippen LogP contribution is -2.11. The van der Waals surface area contributed by atoms with Crippen LogP contribution in [0.15, 0.2) is 22.7 Å². The number of benzene rings is 1. The van der Waals surface area contributed by atoms with Gasteiger partial charge in [-0.25, -0.2) is 4.39 Å². The normalized spacial score (nSPS) is 11.0. The highest BCUT2D eigenvalue weighted by Crippen LogP contribution is 2.22. The summed E-state index contributed by atoms with van der Waals surface area (Å²) in [6.07, 6.45) is 1.76. The minimum absolute atomic E-state index is 0.263. The second kappa shape index (κ2) is 6.02. The van der Waals surface area contributed by atoms with Crippen LogP contribution in [0, 0.1) is 22.6 Å². The third-order valence-corrected chi connectivity index (χ3v) is 3.14. The molecule has 0 aromatic heterocycles. The van der Waals surface area contributed by atoms with Crippen molar-refractivity contribution < 1.29 is 4.39 Å². The first kappa shape index (κ1) is 14.0. The van der Waals surface area contributed by atoms with Gasteiger partial charge in [-0.1, -0.05) is 0 Å². The number of halogens is 2. The van der Waals surface area contributed by atoms with Crippen LogP contribution in [0.1, 0.15) is 26.7 Å². The topological polar surface area (TPSA) is 35.8 Å². The van der Waals surface area contributed by atoms with E-state index in [2.05, 4.69) is 27.3 Å². The molecular weight excluding hydrogens is 283 g/mol. The molecule has 0 radical (unpaired) electrons. The minimum Gasteiger partial charge on any atom is -0.385 e. The van der Waals surface area contributed by atoms with Gasteiger partial charge in [-0.3, -0.25) is 0 Å². The summed E-state index contributed by atoms with van der Waals surface area (Å²) in [5.74, 6) is -0.263. The first-order valence-electron chi connectivity index (χ1n) is 5.55. The van der Waals surface area contributed by atoms with Crippen LogP contribution in [0.4, 0.5) is 10.1 Å². The number of hydrogen-bond donors (Lipinski definition) is 1. The molecule has 2 nitrogen and oxygen atoms in total. The van der Waals surface area contributed by atoms with E-state index in [-0.39, 0.29) is 11.2 Å². The lowest BCUT2D eigenvalue weighted by atomic mass is 9.90. The largest absolute Gasteiger partial charge is 0.385 e. The van der Waals surface area contributed by atoms with E-state index in [9.17, 15) is 4.39 Å². The summed E-state index contributed by atoms with van der Waals surface area (Å²) in [6.45, 7) is 4.64. The van der Waals surface area contributed by atoms with E-state index < -0.39 is 0 Å². The molecule has 0 atom stereocenters. The molecule has 1 aromatic rings. The SMILES string of the molecule is CC(C)(C#N)CCCNc1ccc(F)c(Br)c1. The fourth-order valence-corrected chi connectivity index (χ4v) is 1.80. The molecule has 0 aliphatic carbocycles. The zero-order valence-corrected chi connectivity index (χ0v) is 11.6. The van der Waals surface area contributed by atoms with Crippen LogP contribution in [0.25, 0.3) is 0 Å². The first-order valence-corrected chi connectivity index (χ1v) is 6.34. The van der Waals surface area contributed by atoms with Crippen molar-refractivity contribution in [3.63, 3.8) is 0 Å². The number of rotatable bonds is 5. The van der Waals surface area contributed by atoms with E-state index in [1.165, 1.54) is 6.07 Å². The molecule has 17 heavy (non-hydrogen) atoms. The van der Waals surface area contributed by atoms with Gasteiger partial charge >= 0.3 is 0 Å². The van der Waals surface area contributed by atoms with Crippen LogP contribution in [-0.2, 0) is 0 Å². The number of anilines is 1. The van der Waals surface area contributed by atoms with Crippen molar-refractivity contribution in [1.29, 1.82) is 5.26 Å². The molecule has 4 heteroatoms. The maximum Gasteiger partial charge on any atom is 0.137 e. The maximum atomic E-state index is 13.0. The van der Waals surface area contributed by atoms with Gasteiger partial charge in [0.2, 0.25) is 0 Å². The Hall–Kier alpha value is -1.08. The summed E-state index contributed by atoms with van der Waals surface area (Å²) >= 11 is 3.14. The molecule has 92 valence electrons. The molecule has 1 N–H and O–H groups in total. The molecule has 1 rings (SSSR count). The highest BCUT2D eigenvalue weighted by atomic mass is 79.9. The average molecular weight is 299 g/mol. The maximum absolute atomic E-state index is 13.0. The lowest BCUT2D eigenvalue weighted by Gasteiger charge is -2.15. The molecule has 0 bridgehead atoms. The predicted molar refractivity (Wildman–Crippen MR) is 71.2 cm³/mol. The van der Waals surface area contributed by atoms with E-state index in [0.29, 0.717) is 4.47 Å². The van der Waals surface area contributed by atoms with E-state index in [1.54, 1.807) is 12.1 Å². The number of nitriles is 1. The quantitative estimate of drug-likeness (QED) is 0.821. The molecule has 0 amide bonds. The van der Waals surface area contributed by atoms with Crippen LogP contribution >= 0.6 is 15.9 Å². The van der Waals surface area contributed by atoms with Crippen LogP contribution in [-0.4, -0.2) is 6.54 Å². The fourth-order valence-electron chi connectivity index (χ4n) is 1.43. The van der Waals surface area contributed by atoms with Crippen molar-refractivity contribution in [3.05, 3.63) is 28.5 Å². The van der Waals surface area contributed by atoms with Crippen molar-refractivity contribution in [1.82, 2.24) is 0 Å². The molecule has 0 unspecified atom stereocenters. The third kappa shape index (κ3) is 4.74. The smallest absolute Gasteiger partial charge is 0.137 e.